The Hall–Kier alpha value is -1.40. The van der Waals surface area contributed by atoms with Crippen LogP contribution in [0.1, 0.15) is 36.9 Å². The van der Waals surface area contributed by atoms with Gasteiger partial charge in [0.25, 0.3) is 0 Å². The molecule has 1 aromatic heterocycles. The first-order valence-corrected chi connectivity index (χ1v) is 7.41. The first-order chi connectivity index (χ1) is 9.51. The first kappa shape index (κ1) is 15.0. The van der Waals surface area contributed by atoms with Crippen molar-refractivity contribution in [3.05, 3.63) is 33.6 Å². The van der Waals surface area contributed by atoms with E-state index in [0.29, 0.717) is 11.9 Å². The Labute approximate surface area is 127 Å². The van der Waals surface area contributed by atoms with Crippen molar-refractivity contribution in [3.63, 3.8) is 0 Å². The Morgan fingerprint density at radius 2 is 1.90 bits per heavy atom. The third kappa shape index (κ3) is 3.37. The molecule has 0 radical (unpaired) electrons. The highest BCUT2D eigenvalue weighted by Crippen LogP contribution is 2.27. The third-order valence-corrected chi connectivity index (χ3v) is 4.26. The summed E-state index contributed by atoms with van der Waals surface area (Å²) in [5, 5.41) is 14.4. The third-order valence-electron chi connectivity index (χ3n) is 3.01. The number of hydrogen-bond donors (Lipinski definition) is 2. The Kier molecular flexibility index (Phi) is 4.77. The second-order valence-electron chi connectivity index (χ2n) is 4.77. The van der Waals surface area contributed by atoms with Gasteiger partial charge in [0.15, 0.2) is 0 Å². The highest BCUT2D eigenvalue weighted by molar-refractivity contribution is 9.10. The maximum Gasteiger partial charge on any atom is 0.320 e. The van der Waals surface area contributed by atoms with Gasteiger partial charge in [-0.25, -0.2) is 0 Å². The first-order valence-electron chi connectivity index (χ1n) is 6.61. The zero-order valence-electron chi connectivity index (χ0n) is 12.1. The summed E-state index contributed by atoms with van der Waals surface area (Å²) in [7, 11) is 0. The van der Waals surface area contributed by atoms with Crippen LogP contribution in [0.3, 0.4) is 0 Å². The van der Waals surface area contributed by atoms with E-state index in [-0.39, 0.29) is 6.04 Å². The topological polar surface area (TPSA) is 63.0 Å². The Balaban J connectivity index is 2.14. The molecule has 2 aromatic rings. The van der Waals surface area contributed by atoms with Crippen LogP contribution in [0.5, 0.6) is 0 Å². The van der Waals surface area contributed by atoms with Gasteiger partial charge < -0.3 is 15.1 Å². The number of anilines is 2. The van der Waals surface area contributed by atoms with Gasteiger partial charge in [-0.3, -0.25) is 0 Å². The zero-order chi connectivity index (χ0) is 14.7. The fourth-order valence-corrected chi connectivity index (χ4v) is 2.22. The van der Waals surface area contributed by atoms with E-state index in [1.165, 1.54) is 0 Å². The van der Waals surface area contributed by atoms with Gasteiger partial charge in [-0.1, -0.05) is 28.0 Å². The summed E-state index contributed by atoms with van der Waals surface area (Å²) in [6.07, 6.45) is 0. The minimum atomic E-state index is 0.0523. The largest absolute Gasteiger partial charge is 0.406 e. The van der Waals surface area contributed by atoms with Gasteiger partial charge in [0.1, 0.15) is 0 Å². The van der Waals surface area contributed by atoms with Crippen molar-refractivity contribution in [1.82, 2.24) is 15.5 Å². The molecule has 6 heteroatoms. The molecular weight excluding hydrogens is 320 g/mol. The van der Waals surface area contributed by atoms with Gasteiger partial charge in [-0.05, 0) is 50.6 Å². The molecule has 2 rings (SSSR count). The molecule has 1 heterocycles. The normalized spacial score (nSPS) is 12.4. The van der Waals surface area contributed by atoms with Gasteiger partial charge in [-0.2, -0.15) is 0 Å². The SMILES string of the molecule is CCNC(C)c1nnc(Nc2cc(C)c(Br)c(C)c2)o1. The van der Waals surface area contributed by atoms with Crippen LogP contribution in [0.2, 0.25) is 0 Å². The van der Waals surface area contributed by atoms with Crippen LogP contribution in [0.25, 0.3) is 0 Å². The quantitative estimate of drug-likeness (QED) is 0.866. The van der Waals surface area contributed by atoms with Crippen molar-refractivity contribution >= 4 is 27.6 Å². The average Bonchev–Trinajstić information content (AvgIpc) is 2.85. The van der Waals surface area contributed by atoms with E-state index < -0.39 is 0 Å². The zero-order valence-corrected chi connectivity index (χ0v) is 13.7. The van der Waals surface area contributed by atoms with Crippen LogP contribution in [0, 0.1) is 13.8 Å². The number of hydrogen-bond acceptors (Lipinski definition) is 5. The molecule has 1 atom stereocenters. The Morgan fingerprint density at radius 1 is 1.25 bits per heavy atom. The average molecular weight is 339 g/mol. The van der Waals surface area contributed by atoms with Crippen LogP contribution in [-0.4, -0.2) is 16.7 Å². The molecule has 0 saturated carbocycles. The fraction of sp³-hybridized carbons (Fsp3) is 0.429. The molecule has 0 fully saturated rings. The highest BCUT2D eigenvalue weighted by atomic mass is 79.9. The van der Waals surface area contributed by atoms with Gasteiger partial charge >= 0.3 is 6.01 Å². The lowest BCUT2D eigenvalue weighted by Gasteiger charge is -2.08. The predicted octanol–water partition coefficient (Wildman–Crippen LogP) is 3.86. The minimum Gasteiger partial charge on any atom is -0.406 e. The van der Waals surface area contributed by atoms with Crippen molar-refractivity contribution in [1.29, 1.82) is 0 Å². The second-order valence-corrected chi connectivity index (χ2v) is 5.57. The summed E-state index contributed by atoms with van der Waals surface area (Å²) >= 11 is 3.55. The molecule has 0 aliphatic heterocycles. The van der Waals surface area contributed by atoms with Crippen LogP contribution in [0.4, 0.5) is 11.7 Å². The molecule has 0 aliphatic carbocycles. The monoisotopic (exact) mass is 338 g/mol. The van der Waals surface area contributed by atoms with Crippen LogP contribution in [0.15, 0.2) is 21.0 Å². The highest BCUT2D eigenvalue weighted by Gasteiger charge is 2.13. The molecule has 2 N–H and O–H groups in total. The number of nitrogens with one attached hydrogen (secondary N) is 2. The number of rotatable bonds is 5. The van der Waals surface area contributed by atoms with Crippen molar-refractivity contribution in [3.8, 4) is 0 Å². The molecule has 20 heavy (non-hydrogen) atoms. The molecular formula is C14H19BrN4O. The maximum atomic E-state index is 5.60. The van der Waals surface area contributed by atoms with Gasteiger partial charge in [0.2, 0.25) is 5.89 Å². The van der Waals surface area contributed by atoms with Crippen molar-refractivity contribution in [2.45, 2.75) is 33.7 Å². The number of benzene rings is 1. The van der Waals surface area contributed by atoms with E-state index in [0.717, 1.165) is 27.8 Å². The lowest BCUT2D eigenvalue weighted by Crippen LogP contribution is -2.17. The lowest BCUT2D eigenvalue weighted by atomic mass is 10.1. The summed E-state index contributed by atoms with van der Waals surface area (Å²) in [4.78, 5) is 0. The smallest absolute Gasteiger partial charge is 0.320 e. The van der Waals surface area contributed by atoms with Crippen molar-refractivity contribution in [2.75, 3.05) is 11.9 Å². The maximum absolute atomic E-state index is 5.60. The molecule has 1 unspecified atom stereocenters. The van der Waals surface area contributed by atoms with Crippen LogP contribution >= 0.6 is 15.9 Å². The molecule has 5 nitrogen and oxygen atoms in total. The van der Waals surface area contributed by atoms with Crippen LogP contribution < -0.4 is 10.6 Å². The molecule has 1 aromatic carbocycles. The molecule has 0 amide bonds. The van der Waals surface area contributed by atoms with E-state index in [9.17, 15) is 0 Å². The predicted molar refractivity (Wildman–Crippen MR) is 83.3 cm³/mol. The van der Waals surface area contributed by atoms with E-state index in [1.807, 2.05) is 26.0 Å². The summed E-state index contributed by atoms with van der Waals surface area (Å²) in [5.74, 6) is 0.583. The van der Waals surface area contributed by atoms with E-state index in [2.05, 4.69) is 50.6 Å². The van der Waals surface area contributed by atoms with Gasteiger partial charge in [0.05, 0.1) is 6.04 Å². The Morgan fingerprint density at radius 3 is 2.50 bits per heavy atom. The number of halogens is 1. The Bertz CT molecular complexity index is 574. The summed E-state index contributed by atoms with van der Waals surface area (Å²) in [5.41, 5.74) is 3.26. The van der Waals surface area contributed by atoms with Gasteiger partial charge in [0, 0.05) is 10.2 Å². The fourth-order valence-electron chi connectivity index (χ4n) is 2.00. The van der Waals surface area contributed by atoms with Crippen LogP contribution in [-0.2, 0) is 0 Å². The molecule has 108 valence electrons. The number of nitrogens with zero attached hydrogens (tertiary/aromatic N) is 2. The summed E-state index contributed by atoms with van der Waals surface area (Å²) in [6, 6.07) is 4.53. The van der Waals surface area contributed by atoms with E-state index in [1.54, 1.807) is 0 Å². The van der Waals surface area contributed by atoms with Crippen molar-refractivity contribution < 1.29 is 4.42 Å². The molecule has 0 bridgehead atoms. The summed E-state index contributed by atoms with van der Waals surface area (Å²) < 4.78 is 6.72. The van der Waals surface area contributed by atoms with E-state index >= 15 is 0 Å². The number of aromatic nitrogens is 2. The molecule has 0 aliphatic rings. The van der Waals surface area contributed by atoms with Crippen molar-refractivity contribution in [2.24, 2.45) is 0 Å². The standard InChI is InChI=1S/C14H19BrN4O/c1-5-16-10(4)13-18-19-14(20-13)17-11-6-8(2)12(15)9(3)7-11/h6-7,10,16H,5H2,1-4H3,(H,17,19). The molecule has 0 saturated heterocycles. The molecule has 0 spiro atoms. The second kappa shape index (κ2) is 6.37. The minimum absolute atomic E-state index is 0.0523. The summed E-state index contributed by atoms with van der Waals surface area (Å²) in [6.45, 7) is 9.00. The van der Waals surface area contributed by atoms with E-state index in [4.69, 9.17) is 4.42 Å². The number of aryl methyl sites for hydroxylation is 2. The lowest BCUT2D eigenvalue weighted by molar-refractivity contribution is 0.430. The van der Waals surface area contributed by atoms with Gasteiger partial charge in [-0.15, -0.1) is 5.10 Å².